The van der Waals surface area contributed by atoms with Crippen LogP contribution in [0.25, 0.3) is 0 Å². The number of rotatable bonds is 4. The molecule has 0 saturated heterocycles. The summed E-state index contributed by atoms with van der Waals surface area (Å²) in [5.74, 6) is -1.20. The summed E-state index contributed by atoms with van der Waals surface area (Å²) in [4.78, 5) is 36.3. The van der Waals surface area contributed by atoms with Gasteiger partial charge in [-0.25, -0.2) is 9.59 Å². The molecule has 0 aromatic heterocycles. The smallest absolute Gasteiger partial charge is 0.349 e. The van der Waals surface area contributed by atoms with Crippen LogP contribution in [0, 0.1) is 6.92 Å². The summed E-state index contributed by atoms with van der Waals surface area (Å²) in [6.07, 6.45) is 1.31. The average Bonchev–Trinajstić information content (AvgIpc) is 2.63. The lowest BCUT2D eigenvalue weighted by Gasteiger charge is -2.18. The second kappa shape index (κ2) is 7.23. The maximum absolute atomic E-state index is 12.5. The van der Waals surface area contributed by atoms with Gasteiger partial charge < -0.3 is 14.8 Å². The van der Waals surface area contributed by atoms with Gasteiger partial charge in [0.05, 0.1) is 17.7 Å². The van der Waals surface area contributed by atoms with Gasteiger partial charge in [0.2, 0.25) is 5.78 Å². The fraction of sp³-hybridized carbons (Fsp3) is 0.150. The first kappa shape index (κ1) is 17.4. The molecule has 0 aliphatic carbocycles. The molecule has 0 saturated carbocycles. The van der Waals surface area contributed by atoms with Crippen LogP contribution in [0.4, 0.5) is 5.69 Å². The number of carbonyl (C=O) groups is 3. The normalized spacial score (nSPS) is 14.6. The molecule has 0 radical (unpaired) electrons. The number of Topliss-reactive ketones (excluding diaryl/α,β-unsaturated/α-hetero) is 1. The molecule has 0 fully saturated rings. The zero-order valence-corrected chi connectivity index (χ0v) is 14.4. The van der Waals surface area contributed by atoms with Crippen molar-refractivity contribution in [3.63, 3.8) is 0 Å². The van der Waals surface area contributed by atoms with E-state index in [9.17, 15) is 14.4 Å². The Balaban J connectivity index is 1.79. The van der Waals surface area contributed by atoms with Crippen molar-refractivity contribution >= 4 is 23.4 Å². The fourth-order valence-electron chi connectivity index (χ4n) is 2.55. The van der Waals surface area contributed by atoms with Crippen molar-refractivity contribution in [2.75, 3.05) is 11.9 Å². The topological polar surface area (TPSA) is 81.7 Å². The highest BCUT2D eigenvalue weighted by Gasteiger charge is 2.31. The highest BCUT2D eigenvalue weighted by atomic mass is 16.5. The minimum Gasteiger partial charge on any atom is -0.462 e. The molecule has 6 nitrogen and oxygen atoms in total. The van der Waals surface area contributed by atoms with Crippen LogP contribution in [0.5, 0.6) is 5.75 Å². The molecule has 0 spiro atoms. The van der Waals surface area contributed by atoms with E-state index in [2.05, 4.69) is 5.32 Å². The van der Waals surface area contributed by atoms with E-state index in [1.165, 1.54) is 6.20 Å². The molecule has 0 amide bonds. The first-order valence-electron chi connectivity index (χ1n) is 8.11. The summed E-state index contributed by atoms with van der Waals surface area (Å²) < 4.78 is 10.2. The highest BCUT2D eigenvalue weighted by molar-refractivity contribution is 6.28. The maximum Gasteiger partial charge on any atom is 0.349 e. The number of benzene rings is 2. The van der Waals surface area contributed by atoms with E-state index in [4.69, 9.17) is 9.47 Å². The molecule has 6 heteroatoms. The number of esters is 2. The van der Waals surface area contributed by atoms with Crippen LogP contribution in [-0.4, -0.2) is 24.3 Å². The zero-order chi connectivity index (χ0) is 18.7. The summed E-state index contributed by atoms with van der Waals surface area (Å²) in [6.45, 7) is 3.81. The maximum atomic E-state index is 12.5. The molecule has 0 bridgehead atoms. The van der Waals surface area contributed by atoms with E-state index >= 15 is 0 Å². The molecule has 1 aliphatic rings. The summed E-state index contributed by atoms with van der Waals surface area (Å²) in [5, 5.41) is 2.88. The Labute approximate surface area is 150 Å². The molecule has 1 N–H and O–H groups in total. The second-order valence-corrected chi connectivity index (χ2v) is 5.67. The molecule has 1 aliphatic heterocycles. The first-order chi connectivity index (χ1) is 12.5. The van der Waals surface area contributed by atoms with Crippen molar-refractivity contribution < 1.29 is 23.9 Å². The molecule has 0 atom stereocenters. The average molecular weight is 351 g/mol. The number of hydrogen-bond acceptors (Lipinski definition) is 6. The van der Waals surface area contributed by atoms with E-state index in [1.807, 2.05) is 0 Å². The van der Waals surface area contributed by atoms with Gasteiger partial charge in [-0.05, 0) is 49.7 Å². The molecule has 3 rings (SSSR count). The first-order valence-corrected chi connectivity index (χ1v) is 8.11. The van der Waals surface area contributed by atoms with Crippen molar-refractivity contribution in [2.24, 2.45) is 0 Å². The molecular weight excluding hydrogens is 334 g/mol. The zero-order valence-electron chi connectivity index (χ0n) is 14.4. The molecule has 0 unspecified atom stereocenters. The largest absolute Gasteiger partial charge is 0.462 e. The van der Waals surface area contributed by atoms with Crippen molar-refractivity contribution in [2.45, 2.75) is 13.8 Å². The predicted octanol–water partition coefficient (Wildman–Crippen LogP) is 3.27. The number of anilines is 1. The van der Waals surface area contributed by atoms with Gasteiger partial charge >= 0.3 is 11.9 Å². The SMILES string of the molecule is CCOC(=O)c1ccc(NC=C2C(=O)Oc3c(C)cccc3C2=O)cc1. The Kier molecular flexibility index (Phi) is 4.84. The number of carbonyl (C=O) groups excluding carboxylic acids is 3. The number of nitrogens with one attached hydrogen (secondary N) is 1. The number of para-hydroxylation sites is 1. The third-order valence-corrected chi connectivity index (χ3v) is 3.90. The third kappa shape index (κ3) is 3.35. The number of aryl methyl sites for hydroxylation is 1. The Morgan fingerprint density at radius 1 is 1.15 bits per heavy atom. The number of fused-ring (bicyclic) bond motifs is 1. The molecule has 26 heavy (non-hydrogen) atoms. The van der Waals surface area contributed by atoms with E-state index < -0.39 is 17.7 Å². The fourth-order valence-corrected chi connectivity index (χ4v) is 2.55. The van der Waals surface area contributed by atoms with Crippen molar-refractivity contribution in [1.82, 2.24) is 0 Å². The van der Waals surface area contributed by atoms with Gasteiger partial charge in [0, 0.05) is 11.9 Å². The van der Waals surface area contributed by atoms with Crippen LogP contribution in [-0.2, 0) is 9.53 Å². The van der Waals surface area contributed by atoms with Gasteiger partial charge in [-0.1, -0.05) is 12.1 Å². The lowest BCUT2D eigenvalue weighted by Crippen LogP contribution is -2.26. The van der Waals surface area contributed by atoms with Gasteiger partial charge in [0.25, 0.3) is 0 Å². The van der Waals surface area contributed by atoms with E-state index in [1.54, 1.807) is 56.3 Å². The van der Waals surface area contributed by atoms with Gasteiger partial charge in [-0.3, -0.25) is 4.79 Å². The Hall–Kier alpha value is -3.41. The minimum absolute atomic E-state index is 0.0856. The van der Waals surface area contributed by atoms with Gasteiger partial charge in [0.1, 0.15) is 11.3 Å². The molecule has 1 heterocycles. The van der Waals surface area contributed by atoms with Gasteiger partial charge in [-0.15, -0.1) is 0 Å². The summed E-state index contributed by atoms with van der Waals surface area (Å²) in [5.41, 5.74) is 2.03. The Morgan fingerprint density at radius 2 is 1.88 bits per heavy atom. The van der Waals surface area contributed by atoms with Crippen LogP contribution >= 0.6 is 0 Å². The van der Waals surface area contributed by atoms with Crippen LogP contribution in [0.15, 0.2) is 54.2 Å². The summed E-state index contributed by atoms with van der Waals surface area (Å²) in [6, 6.07) is 11.6. The summed E-state index contributed by atoms with van der Waals surface area (Å²) >= 11 is 0. The third-order valence-electron chi connectivity index (χ3n) is 3.90. The van der Waals surface area contributed by atoms with Crippen LogP contribution < -0.4 is 10.1 Å². The molecular formula is C20H17NO5. The van der Waals surface area contributed by atoms with Crippen molar-refractivity contribution in [3.05, 3.63) is 70.9 Å². The highest BCUT2D eigenvalue weighted by Crippen LogP contribution is 2.30. The van der Waals surface area contributed by atoms with Crippen LogP contribution in [0.1, 0.15) is 33.2 Å². The number of hydrogen-bond donors (Lipinski definition) is 1. The number of ketones is 1. The second-order valence-electron chi connectivity index (χ2n) is 5.67. The van der Waals surface area contributed by atoms with Crippen LogP contribution in [0.2, 0.25) is 0 Å². The molecule has 2 aromatic carbocycles. The lowest BCUT2D eigenvalue weighted by molar-refractivity contribution is -0.130. The van der Waals surface area contributed by atoms with Crippen LogP contribution in [0.3, 0.4) is 0 Å². The molecule has 2 aromatic rings. The van der Waals surface area contributed by atoms with Gasteiger partial charge in [-0.2, -0.15) is 0 Å². The van der Waals surface area contributed by atoms with E-state index in [-0.39, 0.29) is 5.57 Å². The van der Waals surface area contributed by atoms with Crippen molar-refractivity contribution in [1.29, 1.82) is 0 Å². The monoisotopic (exact) mass is 351 g/mol. The lowest BCUT2D eigenvalue weighted by atomic mass is 9.98. The van der Waals surface area contributed by atoms with E-state index in [0.29, 0.717) is 29.2 Å². The standard InChI is InChI=1S/C20H17NO5/c1-3-25-19(23)13-7-9-14(10-8-13)21-11-16-17(22)15-6-4-5-12(2)18(15)26-20(16)24/h4-11,21H,3H2,1-2H3. The van der Waals surface area contributed by atoms with Gasteiger partial charge in [0.15, 0.2) is 0 Å². The Morgan fingerprint density at radius 3 is 2.58 bits per heavy atom. The minimum atomic E-state index is -0.701. The Bertz CT molecular complexity index is 912. The quantitative estimate of drug-likeness (QED) is 0.394. The van der Waals surface area contributed by atoms with Crippen molar-refractivity contribution in [3.8, 4) is 5.75 Å². The predicted molar refractivity (Wildman–Crippen MR) is 95.2 cm³/mol. The number of ether oxygens (including phenoxy) is 2. The summed E-state index contributed by atoms with van der Waals surface area (Å²) in [7, 11) is 0. The van der Waals surface area contributed by atoms with E-state index in [0.717, 1.165) is 5.56 Å². The molecule has 132 valence electrons.